The molecule has 1 aromatic rings. The van der Waals surface area contributed by atoms with Crippen molar-refractivity contribution in [3.63, 3.8) is 0 Å². The van der Waals surface area contributed by atoms with E-state index in [-0.39, 0.29) is 12.3 Å². The number of hydrogen-bond donors (Lipinski definition) is 6. The van der Waals surface area contributed by atoms with E-state index in [1.54, 1.807) is 18.5 Å². The molecule has 0 amide bonds. The summed E-state index contributed by atoms with van der Waals surface area (Å²) in [4.78, 5) is 17.1. The van der Waals surface area contributed by atoms with E-state index in [1.807, 2.05) is 0 Å². The van der Waals surface area contributed by atoms with Crippen molar-refractivity contribution >= 4 is 12.3 Å². The van der Waals surface area contributed by atoms with Crippen molar-refractivity contribution in [3.8, 4) is 0 Å². The van der Waals surface area contributed by atoms with Gasteiger partial charge in [0.1, 0.15) is 0 Å². The van der Waals surface area contributed by atoms with E-state index in [4.69, 9.17) is 30.0 Å². The molecule has 0 aromatic carbocycles. The molecule has 0 unspecified atom stereocenters. The Kier molecular flexibility index (Phi) is 26.7. The van der Waals surface area contributed by atoms with Crippen molar-refractivity contribution < 1.29 is 30.0 Å². The normalized spacial score (nSPS) is 6.00. The highest BCUT2D eigenvalue weighted by Gasteiger charge is 1.70. The molecular weight excluding hydrogens is 226 g/mol. The molecule has 0 aliphatic carbocycles. The predicted octanol–water partition coefficient (Wildman–Crippen LogP) is 0.640. The molecule has 0 atom stereocenters. The monoisotopic (exact) mass is 239 g/mol. The summed E-state index contributed by atoms with van der Waals surface area (Å²) >= 11 is 0. The van der Waals surface area contributed by atoms with Crippen molar-refractivity contribution in [2.75, 3.05) is 0 Å². The van der Waals surface area contributed by atoms with Crippen molar-refractivity contribution in [1.29, 1.82) is 0 Å². The fraction of sp³-hybridized carbons (Fsp3) is 0. The first-order chi connectivity index (χ1) is 6.46. The summed E-state index contributed by atoms with van der Waals surface area (Å²) in [6, 6.07) is 1.72. The van der Waals surface area contributed by atoms with Crippen LogP contribution in [0.5, 0.6) is 0 Å². The molecule has 0 saturated heterocycles. The Morgan fingerprint density at radius 1 is 0.812 bits per heavy atom. The van der Waals surface area contributed by atoms with Gasteiger partial charge < -0.3 is 32.7 Å². The maximum Gasteiger partial charge on any atom is 0.503 e. The second kappa shape index (κ2) is 18.3. The summed E-state index contributed by atoms with van der Waals surface area (Å²) in [6.45, 7) is 0. The van der Waals surface area contributed by atoms with Crippen LogP contribution in [0.15, 0.2) is 18.5 Å². The summed E-state index contributed by atoms with van der Waals surface area (Å²) in [5, 5.41) is 38.0. The Bertz CT molecular complexity index is 210. The molecule has 11 nitrogen and oxygen atoms in total. The largest absolute Gasteiger partial charge is 0.503 e. The molecule has 1 aromatic heterocycles. The van der Waals surface area contributed by atoms with Gasteiger partial charge in [-0.25, -0.2) is 9.59 Å². The van der Waals surface area contributed by atoms with Crippen molar-refractivity contribution in [2.24, 2.45) is 0 Å². The third-order valence-corrected chi connectivity index (χ3v) is 0.409. The zero-order valence-electron chi connectivity index (χ0n) is 8.09. The zero-order valence-corrected chi connectivity index (χ0v) is 8.09. The van der Waals surface area contributed by atoms with E-state index in [2.05, 4.69) is 15.4 Å². The van der Waals surface area contributed by atoms with E-state index in [0.717, 1.165) is 0 Å². The summed E-state index contributed by atoms with van der Waals surface area (Å²) in [5.41, 5.74) is 0. The number of nitrogens with zero attached hydrogens (tertiary/aromatic N) is 3. The Labute approximate surface area is 89.5 Å². The predicted molar refractivity (Wildman–Crippen MR) is 51.2 cm³/mol. The van der Waals surface area contributed by atoms with E-state index < -0.39 is 12.3 Å². The number of carboxylic acid groups (broad SMARTS) is 4. The first kappa shape index (κ1) is 23.4. The minimum Gasteiger partial charge on any atom is -0.450 e. The third kappa shape index (κ3) is 104. The minimum absolute atomic E-state index is 0. The Morgan fingerprint density at radius 2 is 1.06 bits per heavy atom. The fourth-order valence-corrected chi connectivity index (χ4v) is 0.205. The highest BCUT2D eigenvalue weighted by atomic mass is 16.6. The lowest BCUT2D eigenvalue weighted by Crippen LogP contribution is -1.81. The highest BCUT2D eigenvalue weighted by molar-refractivity contribution is 5.53. The Morgan fingerprint density at radius 3 is 1.12 bits per heavy atom. The van der Waals surface area contributed by atoms with Gasteiger partial charge >= 0.3 is 12.3 Å². The standard InChI is InChI=1S/C3H3N3.2CH2O3.2H3N/c1-2-4-6-5-3-1;2*2-1(3)4;;/h1-3H;2*(H2,2,3,4);2*1H3. The molecule has 1 heterocycles. The first-order valence-corrected chi connectivity index (χ1v) is 2.89. The molecule has 0 saturated carbocycles. The Balaban J connectivity index is -0.0000000660. The Hall–Kier alpha value is -2.53. The fourth-order valence-electron chi connectivity index (χ4n) is 0.205. The molecule has 1 rings (SSSR count). The lowest BCUT2D eigenvalue weighted by molar-refractivity contribution is 0.135. The van der Waals surface area contributed by atoms with Crippen LogP contribution in [0.1, 0.15) is 0 Å². The van der Waals surface area contributed by atoms with Gasteiger partial charge in [0.2, 0.25) is 0 Å². The van der Waals surface area contributed by atoms with Gasteiger partial charge in [-0.05, 0) is 11.3 Å². The summed E-state index contributed by atoms with van der Waals surface area (Å²) < 4.78 is 0. The van der Waals surface area contributed by atoms with Gasteiger partial charge in [-0.15, -0.1) is 10.2 Å². The third-order valence-electron chi connectivity index (χ3n) is 0.409. The zero-order chi connectivity index (χ0) is 11.4. The van der Waals surface area contributed by atoms with Gasteiger partial charge in [-0.3, -0.25) is 0 Å². The van der Waals surface area contributed by atoms with E-state index >= 15 is 0 Å². The number of hydrogen-bond acceptors (Lipinski definition) is 7. The lowest BCUT2D eigenvalue weighted by atomic mass is 10.7. The van der Waals surface area contributed by atoms with Gasteiger partial charge in [0.15, 0.2) is 0 Å². The van der Waals surface area contributed by atoms with Crippen LogP contribution in [0.25, 0.3) is 0 Å². The molecule has 16 heavy (non-hydrogen) atoms. The average Bonchev–Trinajstić information content (AvgIpc) is 2.05. The van der Waals surface area contributed by atoms with Crippen LogP contribution < -0.4 is 12.3 Å². The topological polar surface area (TPSA) is 224 Å². The molecule has 0 radical (unpaired) electrons. The molecule has 11 heteroatoms. The van der Waals surface area contributed by atoms with Gasteiger partial charge in [0.05, 0.1) is 12.4 Å². The van der Waals surface area contributed by atoms with E-state index in [9.17, 15) is 0 Å². The van der Waals surface area contributed by atoms with Crippen molar-refractivity contribution in [2.45, 2.75) is 0 Å². The van der Waals surface area contributed by atoms with Crippen molar-refractivity contribution in [3.05, 3.63) is 18.5 Å². The van der Waals surface area contributed by atoms with E-state index in [0.29, 0.717) is 0 Å². The molecule has 94 valence electrons. The molecule has 0 bridgehead atoms. The highest BCUT2D eigenvalue weighted by Crippen LogP contribution is 1.61. The molecule has 10 N–H and O–H groups in total. The van der Waals surface area contributed by atoms with Crippen LogP contribution >= 0.6 is 0 Å². The van der Waals surface area contributed by atoms with Gasteiger partial charge in [-0.2, -0.15) is 0 Å². The molecule has 0 aliphatic rings. The minimum atomic E-state index is -1.83. The smallest absolute Gasteiger partial charge is 0.450 e. The van der Waals surface area contributed by atoms with Crippen LogP contribution in [-0.4, -0.2) is 48.1 Å². The van der Waals surface area contributed by atoms with Gasteiger partial charge in [0, 0.05) is 0 Å². The van der Waals surface area contributed by atoms with Crippen LogP contribution in [0.2, 0.25) is 0 Å². The lowest BCUT2D eigenvalue weighted by Gasteiger charge is -1.68. The summed E-state index contributed by atoms with van der Waals surface area (Å²) in [7, 11) is 0. The molecule has 0 fully saturated rings. The summed E-state index contributed by atoms with van der Waals surface area (Å²) in [5.74, 6) is 0. The van der Waals surface area contributed by atoms with Crippen LogP contribution in [0.4, 0.5) is 9.59 Å². The quantitative estimate of drug-likeness (QED) is 0.368. The number of aromatic nitrogens is 3. The molecule has 0 spiro atoms. The number of carbonyl (C=O) groups is 2. The first-order valence-electron chi connectivity index (χ1n) is 2.89. The maximum atomic E-state index is 8.56. The van der Waals surface area contributed by atoms with Crippen LogP contribution in [0.3, 0.4) is 0 Å². The molecule has 0 aliphatic heterocycles. The second-order valence-electron chi connectivity index (χ2n) is 1.38. The summed E-state index contributed by atoms with van der Waals surface area (Å²) in [6.07, 6.45) is -0.514. The van der Waals surface area contributed by atoms with Gasteiger partial charge in [-0.1, -0.05) is 0 Å². The van der Waals surface area contributed by atoms with E-state index in [1.165, 1.54) is 0 Å². The van der Waals surface area contributed by atoms with Crippen LogP contribution in [0, 0.1) is 0 Å². The number of rotatable bonds is 0. The van der Waals surface area contributed by atoms with Crippen LogP contribution in [-0.2, 0) is 0 Å². The molecular formula is C5H13N5O6. The average molecular weight is 239 g/mol. The second-order valence-corrected chi connectivity index (χ2v) is 1.38. The van der Waals surface area contributed by atoms with Gasteiger partial charge in [0.25, 0.3) is 0 Å². The maximum absolute atomic E-state index is 8.56. The SMILES string of the molecule is N.N.O=C(O)O.O=C(O)O.c1cnnnc1. The van der Waals surface area contributed by atoms with Crippen molar-refractivity contribution in [1.82, 2.24) is 27.7 Å².